The van der Waals surface area contributed by atoms with Gasteiger partial charge in [-0.3, -0.25) is 0 Å². The lowest BCUT2D eigenvalue weighted by Gasteiger charge is -2.05. The molecule has 0 aliphatic heterocycles. The van der Waals surface area contributed by atoms with E-state index < -0.39 is 0 Å². The van der Waals surface area contributed by atoms with E-state index in [-0.39, 0.29) is 24.0 Å². The van der Waals surface area contributed by atoms with Crippen molar-refractivity contribution < 1.29 is 38.0 Å². The van der Waals surface area contributed by atoms with E-state index in [0.29, 0.717) is 0 Å². The molecule has 3 nitrogen and oxygen atoms in total. The standard InChI is InChI=1S/C13H14NO2.HI/c1-14-9-7-13(8-10-14)16-12-5-3-11(15-2)4-6-12;/h3-10H,1-2H3;1H/q+1;/p-1. The Hall–Kier alpha value is -1.30. The van der Waals surface area contributed by atoms with Crippen molar-refractivity contribution in [3.8, 4) is 17.2 Å². The van der Waals surface area contributed by atoms with Gasteiger partial charge in [0.15, 0.2) is 12.4 Å². The van der Waals surface area contributed by atoms with Gasteiger partial charge in [-0.1, -0.05) is 0 Å². The third-order valence-electron chi connectivity index (χ3n) is 2.24. The second-order valence-electron chi connectivity index (χ2n) is 3.48. The lowest BCUT2D eigenvalue weighted by Crippen LogP contribution is -3.00. The fourth-order valence-electron chi connectivity index (χ4n) is 1.34. The van der Waals surface area contributed by atoms with Gasteiger partial charge in [0.25, 0.3) is 0 Å². The summed E-state index contributed by atoms with van der Waals surface area (Å²) in [6.45, 7) is 0. The van der Waals surface area contributed by atoms with Gasteiger partial charge in [0.1, 0.15) is 24.3 Å². The van der Waals surface area contributed by atoms with Gasteiger partial charge in [-0.25, -0.2) is 4.57 Å². The number of pyridine rings is 1. The first-order valence-corrected chi connectivity index (χ1v) is 5.05. The Labute approximate surface area is 118 Å². The highest BCUT2D eigenvalue weighted by molar-refractivity contribution is 5.34. The van der Waals surface area contributed by atoms with E-state index in [1.165, 1.54) is 0 Å². The lowest BCUT2D eigenvalue weighted by atomic mass is 10.3. The zero-order valence-corrected chi connectivity index (χ0v) is 11.9. The van der Waals surface area contributed by atoms with Crippen molar-refractivity contribution in [3.63, 3.8) is 0 Å². The highest BCUT2D eigenvalue weighted by Gasteiger charge is 1.99. The van der Waals surface area contributed by atoms with Gasteiger partial charge in [-0.15, -0.1) is 0 Å². The highest BCUT2D eigenvalue weighted by Crippen LogP contribution is 2.22. The van der Waals surface area contributed by atoms with Crippen molar-refractivity contribution in [2.75, 3.05) is 7.11 Å². The molecule has 0 atom stereocenters. The Morgan fingerprint density at radius 1 is 0.824 bits per heavy atom. The Bertz CT molecular complexity index is 454. The molecule has 0 bridgehead atoms. The minimum atomic E-state index is 0. The zero-order chi connectivity index (χ0) is 11.4. The molecule has 0 spiro atoms. The number of hydrogen-bond donors (Lipinski definition) is 0. The molecule has 1 heterocycles. The van der Waals surface area contributed by atoms with E-state index >= 15 is 0 Å². The van der Waals surface area contributed by atoms with E-state index in [1.807, 2.05) is 60.4 Å². The quantitative estimate of drug-likeness (QED) is 0.544. The maximum atomic E-state index is 5.66. The molecule has 0 unspecified atom stereocenters. The molecule has 0 saturated carbocycles. The lowest BCUT2D eigenvalue weighted by molar-refractivity contribution is -0.671. The Balaban J connectivity index is 0.00000144. The molecule has 0 aliphatic rings. The third kappa shape index (κ3) is 3.89. The molecule has 2 rings (SSSR count). The molecule has 17 heavy (non-hydrogen) atoms. The number of halogens is 1. The number of hydrogen-bond acceptors (Lipinski definition) is 2. The number of methoxy groups -OCH3 is 1. The molecule has 0 fully saturated rings. The fraction of sp³-hybridized carbons (Fsp3) is 0.154. The molecule has 2 aromatic rings. The van der Waals surface area contributed by atoms with Gasteiger partial charge < -0.3 is 33.5 Å². The Morgan fingerprint density at radius 2 is 1.29 bits per heavy atom. The number of nitrogens with zero attached hydrogens (tertiary/aromatic N) is 1. The molecule has 4 heteroatoms. The molecular formula is C13H14INO2. The van der Waals surface area contributed by atoms with Crippen LogP contribution in [0.15, 0.2) is 48.8 Å². The first-order chi connectivity index (χ1) is 7.78. The van der Waals surface area contributed by atoms with Crippen LogP contribution >= 0.6 is 0 Å². The van der Waals surface area contributed by atoms with Gasteiger partial charge >= 0.3 is 0 Å². The Kier molecular flexibility index (Phi) is 5.21. The van der Waals surface area contributed by atoms with Crippen LogP contribution in [0.4, 0.5) is 0 Å². The van der Waals surface area contributed by atoms with Crippen LogP contribution < -0.4 is 38.0 Å². The van der Waals surface area contributed by atoms with Crippen molar-refractivity contribution in [2.45, 2.75) is 0 Å². The van der Waals surface area contributed by atoms with Crippen LogP contribution in [0.2, 0.25) is 0 Å². The summed E-state index contributed by atoms with van der Waals surface area (Å²) in [5.74, 6) is 2.45. The number of aromatic nitrogens is 1. The van der Waals surface area contributed by atoms with Gasteiger partial charge in [-0.05, 0) is 24.3 Å². The van der Waals surface area contributed by atoms with Crippen LogP contribution in [0.25, 0.3) is 0 Å². The van der Waals surface area contributed by atoms with Crippen LogP contribution in [-0.2, 0) is 7.05 Å². The van der Waals surface area contributed by atoms with Gasteiger partial charge in [0.2, 0.25) is 0 Å². The molecule has 0 amide bonds. The maximum Gasteiger partial charge on any atom is 0.172 e. The van der Waals surface area contributed by atoms with Gasteiger partial charge in [0, 0.05) is 12.1 Å². The summed E-state index contributed by atoms with van der Waals surface area (Å²) in [6, 6.07) is 11.3. The van der Waals surface area contributed by atoms with Gasteiger partial charge in [-0.2, -0.15) is 0 Å². The second-order valence-corrected chi connectivity index (χ2v) is 3.48. The van der Waals surface area contributed by atoms with Crippen LogP contribution in [0, 0.1) is 0 Å². The summed E-state index contributed by atoms with van der Waals surface area (Å²) in [4.78, 5) is 0. The molecule has 0 saturated heterocycles. The molecule has 0 radical (unpaired) electrons. The summed E-state index contributed by atoms with van der Waals surface area (Å²) < 4.78 is 12.7. The molecule has 1 aromatic carbocycles. The Morgan fingerprint density at radius 3 is 1.82 bits per heavy atom. The van der Waals surface area contributed by atoms with E-state index in [9.17, 15) is 0 Å². The van der Waals surface area contributed by atoms with Gasteiger partial charge in [0.05, 0.1) is 7.11 Å². The number of aryl methyl sites for hydroxylation is 1. The summed E-state index contributed by atoms with van der Waals surface area (Å²) in [5, 5.41) is 0. The predicted molar refractivity (Wildman–Crippen MR) is 60.7 cm³/mol. The van der Waals surface area contributed by atoms with Crippen LogP contribution in [-0.4, -0.2) is 7.11 Å². The largest absolute Gasteiger partial charge is 1.00 e. The van der Waals surface area contributed by atoms with Crippen molar-refractivity contribution >= 4 is 0 Å². The van der Waals surface area contributed by atoms with E-state index in [0.717, 1.165) is 17.2 Å². The van der Waals surface area contributed by atoms with E-state index in [4.69, 9.17) is 9.47 Å². The van der Waals surface area contributed by atoms with Crippen LogP contribution in [0.1, 0.15) is 0 Å². The highest BCUT2D eigenvalue weighted by atomic mass is 127. The maximum absolute atomic E-state index is 5.66. The minimum Gasteiger partial charge on any atom is -1.00 e. The normalized spacial score (nSPS) is 9.29. The smallest absolute Gasteiger partial charge is 0.172 e. The fourth-order valence-corrected chi connectivity index (χ4v) is 1.34. The average Bonchev–Trinajstić information content (AvgIpc) is 2.33. The number of benzene rings is 1. The summed E-state index contributed by atoms with van der Waals surface area (Å²) >= 11 is 0. The predicted octanol–water partition coefficient (Wildman–Crippen LogP) is -0.684. The van der Waals surface area contributed by atoms with Crippen LogP contribution in [0.5, 0.6) is 17.2 Å². The minimum absolute atomic E-state index is 0. The zero-order valence-electron chi connectivity index (χ0n) is 9.76. The molecule has 0 aliphatic carbocycles. The molecule has 1 aromatic heterocycles. The van der Waals surface area contributed by atoms with E-state index in [2.05, 4.69) is 0 Å². The van der Waals surface area contributed by atoms with Crippen molar-refractivity contribution in [1.29, 1.82) is 0 Å². The molecule has 0 N–H and O–H groups in total. The second kappa shape index (κ2) is 6.44. The van der Waals surface area contributed by atoms with Crippen LogP contribution in [0.3, 0.4) is 0 Å². The molecular weight excluding hydrogens is 329 g/mol. The van der Waals surface area contributed by atoms with E-state index in [1.54, 1.807) is 7.11 Å². The molecule has 90 valence electrons. The first-order valence-electron chi connectivity index (χ1n) is 5.05. The average molecular weight is 343 g/mol. The number of rotatable bonds is 3. The van der Waals surface area contributed by atoms with Crippen molar-refractivity contribution in [3.05, 3.63) is 48.8 Å². The topological polar surface area (TPSA) is 22.3 Å². The first kappa shape index (κ1) is 13.8. The summed E-state index contributed by atoms with van der Waals surface area (Å²) in [7, 11) is 3.62. The SMILES string of the molecule is COc1ccc(Oc2cc[n+](C)cc2)cc1.[I-]. The number of ether oxygens (including phenoxy) is 2. The monoisotopic (exact) mass is 343 g/mol. The van der Waals surface area contributed by atoms with Crippen molar-refractivity contribution in [2.24, 2.45) is 7.05 Å². The third-order valence-corrected chi connectivity index (χ3v) is 2.24. The summed E-state index contributed by atoms with van der Waals surface area (Å²) in [5.41, 5.74) is 0. The van der Waals surface area contributed by atoms with Crippen molar-refractivity contribution in [1.82, 2.24) is 0 Å². The summed E-state index contributed by atoms with van der Waals surface area (Å²) in [6.07, 6.45) is 3.89.